The van der Waals surface area contributed by atoms with Crippen LogP contribution in [0, 0.1) is 17.7 Å². The third kappa shape index (κ3) is 2.32. The molecule has 3 atom stereocenters. The molecule has 2 nitrogen and oxygen atoms in total. The van der Waals surface area contributed by atoms with Crippen molar-refractivity contribution in [3.63, 3.8) is 0 Å². The van der Waals surface area contributed by atoms with Crippen LogP contribution in [-0.4, -0.2) is 18.4 Å². The SMILES string of the molecule is CCC1CCNC(C2Cc3cc(F)ccc3C2=O)C1. The number of fused-ring (bicyclic) bond motifs is 1. The first-order valence-corrected chi connectivity index (χ1v) is 7.25. The van der Waals surface area contributed by atoms with Crippen LogP contribution in [0.3, 0.4) is 0 Å². The largest absolute Gasteiger partial charge is 0.313 e. The van der Waals surface area contributed by atoms with Gasteiger partial charge in [0, 0.05) is 17.5 Å². The van der Waals surface area contributed by atoms with Crippen molar-refractivity contribution in [1.82, 2.24) is 5.32 Å². The van der Waals surface area contributed by atoms with Crippen LogP contribution in [0.5, 0.6) is 0 Å². The second-order valence-electron chi connectivity index (χ2n) is 5.84. The Hall–Kier alpha value is -1.22. The fourth-order valence-corrected chi connectivity index (χ4v) is 3.54. The molecule has 1 aliphatic heterocycles. The van der Waals surface area contributed by atoms with Gasteiger partial charge in [0.05, 0.1) is 0 Å². The van der Waals surface area contributed by atoms with E-state index in [-0.39, 0.29) is 23.6 Å². The minimum Gasteiger partial charge on any atom is -0.313 e. The van der Waals surface area contributed by atoms with Gasteiger partial charge < -0.3 is 5.32 Å². The van der Waals surface area contributed by atoms with Gasteiger partial charge in [-0.15, -0.1) is 0 Å². The molecular formula is C16H20FNO. The summed E-state index contributed by atoms with van der Waals surface area (Å²) in [6.45, 7) is 3.21. The maximum absolute atomic E-state index is 13.2. The summed E-state index contributed by atoms with van der Waals surface area (Å²) in [7, 11) is 0. The zero-order valence-corrected chi connectivity index (χ0v) is 11.3. The molecule has 1 aromatic rings. The Balaban J connectivity index is 1.79. The summed E-state index contributed by atoms with van der Waals surface area (Å²) >= 11 is 0. The average molecular weight is 261 g/mol. The van der Waals surface area contributed by atoms with Gasteiger partial charge in [-0.1, -0.05) is 13.3 Å². The van der Waals surface area contributed by atoms with E-state index in [0.717, 1.165) is 30.0 Å². The van der Waals surface area contributed by atoms with Crippen molar-refractivity contribution >= 4 is 5.78 Å². The minimum atomic E-state index is -0.241. The molecule has 1 N–H and O–H groups in total. The van der Waals surface area contributed by atoms with Gasteiger partial charge in [-0.05, 0) is 55.5 Å². The zero-order chi connectivity index (χ0) is 13.4. The standard InChI is InChI=1S/C16H20FNO/c1-2-10-5-6-18-15(7-10)14-9-11-8-12(17)3-4-13(11)16(14)19/h3-4,8,10,14-15,18H,2,5-7,9H2,1H3. The molecular weight excluding hydrogens is 241 g/mol. The molecule has 0 radical (unpaired) electrons. The van der Waals surface area contributed by atoms with E-state index in [9.17, 15) is 9.18 Å². The van der Waals surface area contributed by atoms with Crippen molar-refractivity contribution in [2.45, 2.75) is 38.6 Å². The van der Waals surface area contributed by atoms with Gasteiger partial charge in [0.15, 0.2) is 5.78 Å². The van der Waals surface area contributed by atoms with E-state index < -0.39 is 0 Å². The van der Waals surface area contributed by atoms with Crippen LogP contribution in [-0.2, 0) is 6.42 Å². The number of piperidine rings is 1. The van der Waals surface area contributed by atoms with Crippen LogP contribution in [0.25, 0.3) is 0 Å². The molecule has 3 rings (SSSR count). The summed E-state index contributed by atoms with van der Waals surface area (Å²) < 4.78 is 13.2. The lowest BCUT2D eigenvalue weighted by molar-refractivity contribution is 0.0884. The molecule has 1 fully saturated rings. The third-order valence-corrected chi connectivity index (χ3v) is 4.72. The molecule has 2 aliphatic rings. The quantitative estimate of drug-likeness (QED) is 0.886. The van der Waals surface area contributed by atoms with Gasteiger partial charge in [0.1, 0.15) is 5.82 Å². The second kappa shape index (κ2) is 5.04. The van der Waals surface area contributed by atoms with Crippen LogP contribution < -0.4 is 5.32 Å². The predicted molar refractivity (Wildman–Crippen MR) is 72.7 cm³/mol. The number of rotatable bonds is 2. The Morgan fingerprint density at radius 1 is 1.42 bits per heavy atom. The topological polar surface area (TPSA) is 29.1 Å². The Kier molecular flexibility index (Phi) is 3.40. The lowest BCUT2D eigenvalue weighted by atomic mass is 9.82. The smallest absolute Gasteiger partial charge is 0.168 e. The summed E-state index contributed by atoms with van der Waals surface area (Å²) in [4.78, 5) is 12.4. The maximum atomic E-state index is 13.2. The summed E-state index contributed by atoms with van der Waals surface area (Å²) in [6.07, 6.45) is 4.15. The second-order valence-corrected chi connectivity index (χ2v) is 5.84. The number of ketones is 1. The summed E-state index contributed by atoms with van der Waals surface area (Å²) in [5.74, 6) is 0.685. The predicted octanol–water partition coefficient (Wildman–Crippen LogP) is 2.96. The minimum absolute atomic E-state index is 0.00569. The number of halogens is 1. The van der Waals surface area contributed by atoms with Crippen LogP contribution in [0.1, 0.15) is 42.1 Å². The molecule has 1 aromatic carbocycles. The number of benzene rings is 1. The molecule has 1 saturated heterocycles. The van der Waals surface area contributed by atoms with Gasteiger partial charge in [0.2, 0.25) is 0 Å². The normalized spacial score (nSPS) is 30.4. The van der Waals surface area contributed by atoms with Gasteiger partial charge in [0.25, 0.3) is 0 Å². The van der Waals surface area contributed by atoms with Gasteiger partial charge in [-0.25, -0.2) is 4.39 Å². The molecule has 102 valence electrons. The van der Waals surface area contributed by atoms with Crippen molar-refractivity contribution in [3.05, 3.63) is 35.1 Å². The third-order valence-electron chi connectivity index (χ3n) is 4.72. The first-order chi connectivity index (χ1) is 9.19. The summed E-state index contributed by atoms with van der Waals surface area (Å²) in [6, 6.07) is 4.82. The highest BCUT2D eigenvalue weighted by atomic mass is 19.1. The Bertz CT molecular complexity index is 500. The molecule has 3 heteroatoms. The van der Waals surface area contributed by atoms with Crippen LogP contribution in [0.15, 0.2) is 18.2 Å². The first kappa shape index (κ1) is 12.8. The van der Waals surface area contributed by atoms with E-state index in [1.807, 2.05) is 0 Å². The zero-order valence-electron chi connectivity index (χ0n) is 11.3. The summed E-state index contributed by atoms with van der Waals surface area (Å²) in [5, 5.41) is 3.49. The van der Waals surface area contributed by atoms with Crippen molar-refractivity contribution in [1.29, 1.82) is 0 Å². The van der Waals surface area contributed by atoms with Crippen LogP contribution >= 0.6 is 0 Å². The van der Waals surface area contributed by atoms with Crippen molar-refractivity contribution in [2.24, 2.45) is 11.8 Å². The number of hydrogen-bond acceptors (Lipinski definition) is 2. The molecule has 0 aromatic heterocycles. The number of Topliss-reactive ketones (excluding diaryl/α,β-unsaturated/α-hetero) is 1. The highest BCUT2D eigenvalue weighted by Gasteiger charge is 2.38. The fraction of sp³-hybridized carbons (Fsp3) is 0.562. The number of hydrogen-bond donors (Lipinski definition) is 1. The Morgan fingerprint density at radius 2 is 2.26 bits per heavy atom. The molecule has 0 bridgehead atoms. The molecule has 3 unspecified atom stereocenters. The highest BCUT2D eigenvalue weighted by molar-refractivity contribution is 6.02. The molecule has 0 amide bonds. The molecule has 0 saturated carbocycles. The van der Waals surface area contributed by atoms with Gasteiger partial charge in [-0.3, -0.25) is 4.79 Å². The van der Waals surface area contributed by atoms with E-state index in [1.54, 1.807) is 6.07 Å². The molecule has 0 spiro atoms. The van der Waals surface area contributed by atoms with Crippen LogP contribution in [0.4, 0.5) is 4.39 Å². The van der Waals surface area contributed by atoms with E-state index in [2.05, 4.69) is 12.2 Å². The van der Waals surface area contributed by atoms with E-state index >= 15 is 0 Å². The fourth-order valence-electron chi connectivity index (χ4n) is 3.54. The average Bonchev–Trinajstić information content (AvgIpc) is 2.75. The molecule has 19 heavy (non-hydrogen) atoms. The van der Waals surface area contributed by atoms with Crippen molar-refractivity contribution in [2.75, 3.05) is 6.54 Å². The van der Waals surface area contributed by atoms with Crippen LogP contribution in [0.2, 0.25) is 0 Å². The lowest BCUT2D eigenvalue weighted by Gasteiger charge is -2.33. The van der Waals surface area contributed by atoms with Crippen molar-refractivity contribution in [3.8, 4) is 0 Å². The first-order valence-electron chi connectivity index (χ1n) is 7.25. The Morgan fingerprint density at radius 3 is 3.05 bits per heavy atom. The number of carbonyl (C=O) groups excluding carboxylic acids is 1. The monoisotopic (exact) mass is 261 g/mol. The van der Waals surface area contributed by atoms with Gasteiger partial charge >= 0.3 is 0 Å². The number of nitrogens with one attached hydrogen (secondary N) is 1. The van der Waals surface area contributed by atoms with Crippen molar-refractivity contribution < 1.29 is 9.18 Å². The molecule has 1 aliphatic carbocycles. The van der Waals surface area contributed by atoms with Gasteiger partial charge in [-0.2, -0.15) is 0 Å². The summed E-state index contributed by atoms with van der Waals surface area (Å²) in [5.41, 5.74) is 1.61. The lowest BCUT2D eigenvalue weighted by Crippen LogP contribution is -2.45. The number of carbonyl (C=O) groups is 1. The molecule has 1 heterocycles. The maximum Gasteiger partial charge on any atom is 0.168 e. The highest BCUT2D eigenvalue weighted by Crippen LogP contribution is 2.33. The Labute approximate surface area is 113 Å². The van der Waals surface area contributed by atoms with E-state index in [4.69, 9.17) is 0 Å². The van der Waals surface area contributed by atoms with E-state index in [1.165, 1.54) is 25.0 Å². The van der Waals surface area contributed by atoms with E-state index in [0.29, 0.717) is 6.42 Å².